The fraction of sp³-hybridized carbons (Fsp3) is 0.526. The molecule has 128 valence electrons. The molecule has 0 aliphatic carbocycles. The van der Waals surface area contributed by atoms with Gasteiger partial charge in [0.15, 0.2) is 5.96 Å². The Morgan fingerprint density at radius 1 is 1.33 bits per heavy atom. The highest BCUT2D eigenvalue weighted by Crippen LogP contribution is 2.38. The van der Waals surface area contributed by atoms with E-state index in [0.717, 1.165) is 56.6 Å². The quantitative estimate of drug-likeness (QED) is 0.695. The van der Waals surface area contributed by atoms with Gasteiger partial charge in [0, 0.05) is 50.5 Å². The molecule has 0 radical (unpaired) electrons. The first kappa shape index (κ1) is 15.5. The minimum absolute atomic E-state index is 0.357. The van der Waals surface area contributed by atoms with Crippen LogP contribution in [0.4, 0.5) is 0 Å². The molecule has 2 saturated heterocycles. The van der Waals surface area contributed by atoms with E-state index < -0.39 is 0 Å². The van der Waals surface area contributed by atoms with E-state index in [0.29, 0.717) is 5.41 Å². The summed E-state index contributed by atoms with van der Waals surface area (Å²) in [5.74, 6) is 2.01. The molecule has 24 heavy (non-hydrogen) atoms. The number of furan rings is 1. The molecule has 5 nitrogen and oxygen atoms in total. The lowest BCUT2D eigenvalue weighted by atomic mass is 9.87. The van der Waals surface area contributed by atoms with Gasteiger partial charge in [0.1, 0.15) is 11.3 Å². The molecule has 0 saturated carbocycles. The molecule has 1 aromatic carbocycles. The van der Waals surface area contributed by atoms with Crippen LogP contribution in [0.15, 0.2) is 39.7 Å². The third kappa shape index (κ3) is 3.00. The number of nitrogens with zero attached hydrogens (tertiary/aromatic N) is 2. The molecule has 0 bridgehead atoms. The Labute approximate surface area is 142 Å². The molecular weight excluding hydrogens is 302 g/mol. The van der Waals surface area contributed by atoms with E-state index in [1.165, 1.54) is 18.2 Å². The lowest BCUT2D eigenvalue weighted by Gasteiger charge is -2.24. The molecule has 2 fully saturated rings. The molecule has 1 atom stereocenters. The van der Waals surface area contributed by atoms with Crippen molar-refractivity contribution in [2.75, 3.05) is 39.9 Å². The average molecular weight is 327 g/mol. The highest BCUT2D eigenvalue weighted by atomic mass is 16.5. The van der Waals surface area contributed by atoms with Gasteiger partial charge in [0.25, 0.3) is 0 Å². The van der Waals surface area contributed by atoms with Crippen molar-refractivity contribution < 1.29 is 9.15 Å². The second kappa shape index (κ2) is 6.48. The van der Waals surface area contributed by atoms with Gasteiger partial charge in [-0.2, -0.15) is 0 Å². The van der Waals surface area contributed by atoms with Gasteiger partial charge in [-0.15, -0.1) is 0 Å². The first-order valence-corrected chi connectivity index (χ1v) is 8.79. The van der Waals surface area contributed by atoms with Crippen molar-refractivity contribution in [3.05, 3.63) is 36.1 Å². The third-order valence-corrected chi connectivity index (χ3v) is 5.27. The van der Waals surface area contributed by atoms with Gasteiger partial charge >= 0.3 is 0 Å². The number of para-hydroxylation sites is 1. The SMILES string of the molecule is CN=C(NCCc1cc2ccccc2o1)N1CCC2(CCOC2)C1. The highest BCUT2D eigenvalue weighted by molar-refractivity contribution is 5.80. The molecule has 2 aliphatic heterocycles. The van der Waals surface area contributed by atoms with Crippen LogP contribution in [0.25, 0.3) is 11.0 Å². The zero-order valence-corrected chi connectivity index (χ0v) is 14.3. The van der Waals surface area contributed by atoms with Gasteiger partial charge in [0.2, 0.25) is 0 Å². The number of likely N-dealkylation sites (tertiary alicyclic amines) is 1. The van der Waals surface area contributed by atoms with Crippen molar-refractivity contribution in [1.29, 1.82) is 0 Å². The average Bonchev–Trinajstić information content (AvgIpc) is 3.32. The number of aliphatic imine (C=N–C) groups is 1. The molecule has 1 N–H and O–H groups in total. The Morgan fingerprint density at radius 3 is 3.04 bits per heavy atom. The summed E-state index contributed by atoms with van der Waals surface area (Å²) >= 11 is 0. The molecule has 4 rings (SSSR count). The number of fused-ring (bicyclic) bond motifs is 1. The maximum Gasteiger partial charge on any atom is 0.193 e. The summed E-state index contributed by atoms with van der Waals surface area (Å²) in [6.45, 7) is 4.75. The van der Waals surface area contributed by atoms with Crippen LogP contribution in [-0.2, 0) is 11.2 Å². The predicted molar refractivity (Wildman–Crippen MR) is 95.3 cm³/mol. The molecule has 0 amide bonds. The number of hydrogen-bond acceptors (Lipinski definition) is 3. The van der Waals surface area contributed by atoms with Crippen LogP contribution in [0.2, 0.25) is 0 Å². The fourth-order valence-electron chi connectivity index (χ4n) is 3.88. The molecule has 3 heterocycles. The minimum Gasteiger partial charge on any atom is -0.461 e. The Bertz CT molecular complexity index is 698. The van der Waals surface area contributed by atoms with Crippen LogP contribution in [0, 0.1) is 5.41 Å². The Kier molecular flexibility index (Phi) is 4.19. The van der Waals surface area contributed by atoms with Crippen molar-refractivity contribution in [1.82, 2.24) is 10.2 Å². The van der Waals surface area contributed by atoms with Crippen LogP contribution >= 0.6 is 0 Å². The van der Waals surface area contributed by atoms with E-state index in [2.05, 4.69) is 27.3 Å². The normalized spacial score (nSPS) is 24.4. The van der Waals surface area contributed by atoms with Gasteiger partial charge in [-0.25, -0.2) is 0 Å². The topological polar surface area (TPSA) is 50.0 Å². The lowest BCUT2D eigenvalue weighted by molar-refractivity contribution is 0.156. The second-order valence-corrected chi connectivity index (χ2v) is 6.95. The number of guanidine groups is 1. The standard InChI is InChI=1S/C19H25N3O2/c1-20-18(22-10-7-19(13-22)8-11-23-14-19)21-9-6-16-12-15-4-2-3-5-17(15)24-16/h2-5,12H,6-11,13-14H2,1H3,(H,20,21). The summed E-state index contributed by atoms with van der Waals surface area (Å²) in [7, 11) is 1.86. The van der Waals surface area contributed by atoms with Crippen LogP contribution < -0.4 is 5.32 Å². The van der Waals surface area contributed by atoms with E-state index >= 15 is 0 Å². The zero-order chi connectivity index (χ0) is 16.4. The number of nitrogens with one attached hydrogen (secondary N) is 1. The molecule has 1 unspecified atom stereocenters. The van der Waals surface area contributed by atoms with Gasteiger partial charge in [-0.3, -0.25) is 4.99 Å². The largest absolute Gasteiger partial charge is 0.461 e. The van der Waals surface area contributed by atoms with E-state index in [9.17, 15) is 0 Å². The van der Waals surface area contributed by atoms with Crippen molar-refractivity contribution in [3.63, 3.8) is 0 Å². The molecule has 2 aliphatic rings. The Balaban J connectivity index is 1.32. The molecule has 5 heteroatoms. The van der Waals surface area contributed by atoms with E-state index in [1.54, 1.807) is 0 Å². The van der Waals surface area contributed by atoms with Crippen molar-refractivity contribution in [2.45, 2.75) is 19.3 Å². The Morgan fingerprint density at radius 2 is 2.25 bits per heavy atom. The summed E-state index contributed by atoms with van der Waals surface area (Å²) in [6, 6.07) is 10.3. The lowest BCUT2D eigenvalue weighted by Crippen LogP contribution is -2.42. The monoisotopic (exact) mass is 327 g/mol. The number of rotatable bonds is 3. The van der Waals surface area contributed by atoms with Crippen molar-refractivity contribution in [3.8, 4) is 0 Å². The maximum absolute atomic E-state index is 5.88. The predicted octanol–water partition coefficient (Wildman–Crippen LogP) is 2.66. The zero-order valence-electron chi connectivity index (χ0n) is 14.3. The molecule has 1 spiro atoms. The van der Waals surface area contributed by atoms with Crippen molar-refractivity contribution in [2.24, 2.45) is 10.4 Å². The van der Waals surface area contributed by atoms with E-state index in [1.807, 2.05) is 25.2 Å². The van der Waals surface area contributed by atoms with Crippen LogP contribution in [0.5, 0.6) is 0 Å². The van der Waals surface area contributed by atoms with Crippen molar-refractivity contribution >= 4 is 16.9 Å². The maximum atomic E-state index is 5.88. The summed E-state index contributed by atoms with van der Waals surface area (Å²) in [6.07, 6.45) is 3.24. The summed E-state index contributed by atoms with van der Waals surface area (Å²) < 4.78 is 11.5. The first-order chi connectivity index (χ1) is 11.8. The third-order valence-electron chi connectivity index (χ3n) is 5.27. The first-order valence-electron chi connectivity index (χ1n) is 8.79. The van der Waals surface area contributed by atoms with Crippen LogP contribution in [-0.4, -0.2) is 50.8 Å². The van der Waals surface area contributed by atoms with Gasteiger partial charge in [0.05, 0.1) is 6.61 Å². The summed E-state index contributed by atoms with van der Waals surface area (Å²) in [5, 5.41) is 4.65. The number of ether oxygens (including phenoxy) is 1. The van der Waals surface area contributed by atoms with Gasteiger partial charge in [-0.05, 0) is 25.0 Å². The number of hydrogen-bond donors (Lipinski definition) is 1. The van der Waals surface area contributed by atoms with Gasteiger partial charge in [-0.1, -0.05) is 18.2 Å². The molecule has 2 aromatic rings. The van der Waals surface area contributed by atoms with E-state index in [-0.39, 0.29) is 0 Å². The minimum atomic E-state index is 0.357. The smallest absolute Gasteiger partial charge is 0.193 e. The molecular formula is C19H25N3O2. The van der Waals surface area contributed by atoms with Crippen LogP contribution in [0.1, 0.15) is 18.6 Å². The van der Waals surface area contributed by atoms with Crippen LogP contribution in [0.3, 0.4) is 0 Å². The molecule has 1 aromatic heterocycles. The van der Waals surface area contributed by atoms with E-state index in [4.69, 9.17) is 9.15 Å². The van der Waals surface area contributed by atoms with Gasteiger partial charge < -0.3 is 19.4 Å². The second-order valence-electron chi connectivity index (χ2n) is 6.95. The summed E-state index contributed by atoms with van der Waals surface area (Å²) in [5.41, 5.74) is 1.32. The number of benzene rings is 1. The Hall–Kier alpha value is -2.01. The highest BCUT2D eigenvalue weighted by Gasteiger charge is 2.42. The fourth-order valence-corrected chi connectivity index (χ4v) is 3.88. The summed E-state index contributed by atoms with van der Waals surface area (Å²) in [4.78, 5) is 6.83.